The third kappa shape index (κ3) is 6.45. The predicted molar refractivity (Wildman–Crippen MR) is 120 cm³/mol. The number of rotatable bonds is 9. The Labute approximate surface area is 177 Å². The number of aliphatic imine (C=N–C) groups is 1. The Morgan fingerprint density at radius 3 is 2.97 bits per heavy atom. The van der Waals surface area contributed by atoms with Crippen molar-refractivity contribution in [2.24, 2.45) is 4.99 Å². The second kappa shape index (κ2) is 11.2. The molecule has 1 aliphatic heterocycles. The first kappa shape index (κ1) is 21.6. The summed E-state index contributed by atoms with van der Waals surface area (Å²) in [5.74, 6) is 1.70. The summed E-state index contributed by atoms with van der Waals surface area (Å²) in [5, 5.41) is 9.03. The van der Waals surface area contributed by atoms with Crippen LogP contribution in [0.15, 0.2) is 34.6 Å². The number of methoxy groups -OCH3 is 1. The van der Waals surface area contributed by atoms with Crippen LogP contribution in [0.5, 0.6) is 5.75 Å². The fourth-order valence-electron chi connectivity index (χ4n) is 3.41. The fraction of sp³-hybridized carbons (Fsp3) is 0.500. The summed E-state index contributed by atoms with van der Waals surface area (Å²) >= 11 is 1.88. The molecule has 29 heavy (non-hydrogen) atoms. The van der Waals surface area contributed by atoms with Crippen LogP contribution in [0, 0.1) is 6.92 Å². The van der Waals surface area contributed by atoms with Crippen molar-refractivity contribution in [2.75, 3.05) is 47.0 Å². The van der Waals surface area contributed by atoms with Gasteiger partial charge in [0.2, 0.25) is 0 Å². The largest absolute Gasteiger partial charge is 0.491 e. The van der Waals surface area contributed by atoms with Gasteiger partial charge in [0.25, 0.3) is 0 Å². The maximum atomic E-state index is 5.88. The monoisotopic (exact) mass is 416 g/mol. The highest BCUT2D eigenvalue weighted by molar-refractivity contribution is 7.10. The fourth-order valence-corrected chi connectivity index (χ4v) is 4.30. The molecule has 158 valence electrons. The number of aryl methyl sites for hydroxylation is 1. The van der Waals surface area contributed by atoms with E-state index in [9.17, 15) is 0 Å². The molecule has 2 heterocycles. The Morgan fingerprint density at radius 1 is 1.24 bits per heavy atom. The lowest BCUT2D eigenvalue weighted by molar-refractivity contribution is 0.145. The Morgan fingerprint density at radius 2 is 2.14 bits per heavy atom. The van der Waals surface area contributed by atoms with Gasteiger partial charge in [-0.25, -0.2) is 0 Å². The summed E-state index contributed by atoms with van der Waals surface area (Å²) in [6.07, 6.45) is 1.17. The minimum absolute atomic E-state index is 0.543. The molecule has 0 spiro atoms. The molecule has 0 saturated heterocycles. The zero-order valence-electron chi connectivity index (χ0n) is 17.7. The number of guanidine groups is 1. The van der Waals surface area contributed by atoms with Gasteiger partial charge in [0.15, 0.2) is 5.96 Å². The van der Waals surface area contributed by atoms with Crippen molar-refractivity contribution < 1.29 is 9.47 Å². The highest BCUT2D eigenvalue weighted by atomic mass is 32.1. The van der Waals surface area contributed by atoms with E-state index in [2.05, 4.69) is 57.1 Å². The van der Waals surface area contributed by atoms with E-state index in [1.807, 2.05) is 11.3 Å². The van der Waals surface area contributed by atoms with E-state index in [0.717, 1.165) is 43.5 Å². The van der Waals surface area contributed by atoms with Crippen molar-refractivity contribution in [3.8, 4) is 5.75 Å². The SMILES string of the molecule is CN=C(NCCN1CCc2sccc2C1)NCc1ccc(C)cc1OCCOC. The van der Waals surface area contributed by atoms with Crippen molar-refractivity contribution in [1.82, 2.24) is 15.5 Å². The van der Waals surface area contributed by atoms with E-state index in [1.54, 1.807) is 19.0 Å². The van der Waals surface area contributed by atoms with Crippen molar-refractivity contribution in [3.05, 3.63) is 51.2 Å². The average Bonchev–Trinajstić information content (AvgIpc) is 3.19. The van der Waals surface area contributed by atoms with Crippen molar-refractivity contribution in [3.63, 3.8) is 0 Å². The number of nitrogens with zero attached hydrogens (tertiary/aromatic N) is 2. The summed E-state index contributed by atoms with van der Waals surface area (Å²) < 4.78 is 11.0. The van der Waals surface area contributed by atoms with Crippen LogP contribution >= 0.6 is 11.3 Å². The molecular formula is C22H32N4O2S. The van der Waals surface area contributed by atoms with Crippen LogP contribution in [0.3, 0.4) is 0 Å². The van der Waals surface area contributed by atoms with Gasteiger partial charge >= 0.3 is 0 Å². The molecule has 0 saturated carbocycles. The van der Waals surface area contributed by atoms with Crippen LogP contribution < -0.4 is 15.4 Å². The van der Waals surface area contributed by atoms with Crippen molar-refractivity contribution in [1.29, 1.82) is 0 Å². The van der Waals surface area contributed by atoms with E-state index in [4.69, 9.17) is 9.47 Å². The topological polar surface area (TPSA) is 58.1 Å². The van der Waals surface area contributed by atoms with Gasteiger partial charge in [-0.05, 0) is 42.0 Å². The zero-order valence-corrected chi connectivity index (χ0v) is 18.5. The standard InChI is InChI=1S/C22H32N4O2S/c1-17-4-5-18(20(14-17)28-12-11-27-3)15-25-22(23-2)24-8-10-26-9-6-21-19(16-26)7-13-29-21/h4-5,7,13-14H,6,8-12,15-16H2,1-3H3,(H2,23,24,25). The van der Waals surface area contributed by atoms with E-state index in [0.29, 0.717) is 19.8 Å². The first-order valence-electron chi connectivity index (χ1n) is 10.1. The number of hydrogen-bond acceptors (Lipinski definition) is 5. The lowest BCUT2D eigenvalue weighted by Gasteiger charge is -2.27. The normalized spacial score (nSPS) is 14.5. The first-order chi connectivity index (χ1) is 14.2. The molecule has 6 nitrogen and oxygen atoms in total. The maximum Gasteiger partial charge on any atom is 0.191 e. The van der Waals surface area contributed by atoms with Gasteiger partial charge in [-0.1, -0.05) is 12.1 Å². The molecule has 1 aromatic carbocycles. The number of thiophene rings is 1. The van der Waals surface area contributed by atoms with Crippen LogP contribution in [0.2, 0.25) is 0 Å². The minimum atomic E-state index is 0.543. The number of hydrogen-bond donors (Lipinski definition) is 2. The molecule has 2 aromatic rings. The smallest absolute Gasteiger partial charge is 0.191 e. The Hall–Kier alpha value is -2.09. The third-order valence-corrected chi connectivity index (χ3v) is 6.07. The number of fused-ring (bicyclic) bond motifs is 1. The molecule has 0 aliphatic carbocycles. The van der Waals surface area contributed by atoms with Crippen LogP contribution in [-0.2, 0) is 24.2 Å². The molecule has 0 atom stereocenters. The van der Waals surface area contributed by atoms with E-state index in [1.165, 1.54) is 17.5 Å². The molecule has 0 bridgehead atoms. The van der Waals surface area contributed by atoms with Gasteiger partial charge in [0, 0.05) is 57.3 Å². The Kier molecular flexibility index (Phi) is 8.34. The van der Waals surface area contributed by atoms with E-state index in [-0.39, 0.29) is 0 Å². The van der Waals surface area contributed by atoms with E-state index < -0.39 is 0 Å². The van der Waals surface area contributed by atoms with Gasteiger partial charge in [-0.3, -0.25) is 9.89 Å². The summed E-state index contributed by atoms with van der Waals surface area (Å²) in [6.45, 7) is 7.90. The lowest BCUT2D eigenvalue weighted by atomic mass is 10.1. The maximum absolute atomic E-state index is 5.88. The predicted octanol–water partition coefficient (Wildman–Crippen LogP) is 2.81. The molecule has 3 rings (SSSR count). The third-order valence-electron chi connectivity index (χ3n) is 5.04. The highest BCUT2D eigenvalue weighted by Gasteiger charge is 2.16. The molecule has 2 N–H and O–H groups in total. The summed E-state index contributed by atoms with van der Waals surface area (Å²) in [4.78, 5) is 8.40. The number of benzene rings is 1. The Bertz CT molecular complexity index is 806. The van der Waals surface area contributed by atoms with Gasteiger partial charge in [0.05, 0.1) is 6.61 Å². The minimum Gasteiger partial charge on any atom is -0.491 e. The second-order valence-corrected chi connectivity index (χ2v) is 8.20. The molecule has 0 radical (unpaired) electrons. The van der Waals surface area contributed by atoms with Crippen LogP contribution in [0.4, 0.5) is 0 Å². The van der Waals surface area contributed by atoms with Gasteiger partial charge < -0.3 is 20.1 Å². The van der Waals surface area contributed by atoms with Crippen LogP contribution in [-0.4, -0.2) is 57.9 Å². The molecule has 0 fully saturated rings. The van der Waals surface area contributed by atoms with Gasteiger partial charge in [-0.2, -0.15) is 0 Å². The molecule has 0 unspecified atom stereocenters. The summed E-state index contributed by atoms with van der Waals surface area (Å²) in [7, 11) is 3.49. The van der Waals surface area contributed by atoms with E-state index >= 15 is 0 Å². The zero-order chi connectivity index (χ0) is 20.5. The van der Waals surface area contributed by atoms with Crippen molar-refractivity contribution >= 4 is 17.3 Å². The van der Waals surface area contributed by atoms with Gasteiger partial charge in [-0.15, -0.1) is 11.3 Å². The van der Waals surface area contributed by atoms with Gasteiger partial charge in [0.1, 0.15) is 12.4 Å². The lowest BCUT2D eigenvalue weighted by Crippen LogP contribution is -2.42. The second-order valence-electron chi connectivity index (χ2n) is 7.20. The molecule has 1 aromatic heterocycles. The van der Waals surface area contributed by atoms with Crippen LogP contribution in [0.25, 0.3) is 0 Å². The molecule has 0 amide bonds. The van der Waals surface area contributed by atoms with Crippen LogP contribution in [0.1, 0.15) is 21.6 Å². The quantitative estimate of drug-likeness (QED) is 0.374. The average molecular weight is 417 g/mol. The number of nitrogens with one attached hydrogen (secondary N) is 2. The molecule has 1 aliphatic rings. The molecular weight excluding hydrogens is 384 g/mol. The molecule has 7 heteroatoms. The van der Waals surface area contributed by atoms with Crippen molar-refractivity contribution in [2.45, 2.75) is 26.4 Å². The summed E-state index contributed by atoms with van der Waals surface area (Å²) in [5.41, 5.74) is 3.78. The first-order valence-corrected chi connectivity index (χ1v) is 11.0. The Balaban J connectivity index is 1.45. The summed E-state index contributed by atoms with van der Waals surface area (Å²) in [6, 6.07) is 8.53. The number of ether oxygens (including phenoxy) is 2. The highest BCUT2D eigenvalue weighted by Crippen LogP contribution is 2.23.